The molecule has 0 radical (unpaired) electrons. The molecule has 0 aromatic carbocycles. The SMILES string of the molecule is CC1(C)OB(c2cc(F)nc(I)c2)OC1(C)C. The molecule has 1 aliphatic rings. The van der Waals surface area contributed by atoms with E-state index in [2.05, 4.69) is 4.98 Å². The summed E-state index contributed by atoms with van der Waals surface area (Å²) in [4.78, 5) is 3.69. The van der Waals surface area contributed by atoms with E-state index in [0.29, 0.717) is 9.16 Å². The van der Waals surface area contributed by atoms with Crippen molar-refractivity contribution in [2.24, 2.45) is 0 Å². The molecule has 3 nitrogen and oxygen atoms in total. The number of halogens is 2. The summed E-state index contributed by atoms with van der Waals surface area (Å²) in [5.41, 5.74) is -0.161. The van der Waals surface area contributed by atoms with Gasteiger partial charge in [-0.2, -0.15) is 4.39 Å². The number of pyridine rings is 1. The molecule has 0 spiro atoms. The third-order valence-corrected chi connectivity index (χ3v) is 3.86. The van der Waals surface area contributed by atoms with Crippen LogP contribution in [0.3, 0.4) is 0 Å². The van der Waals surface area contributed by atoms with E-state index in [0.717, 1.165) is 0 Å². The van der Waals surface area contributed by atoms with Crippen molar-refractivity contribution in [1.82, 2.24) is 4.98 Å². The molecule has 17 heavy (non-hydrogen) atoms. The van der Waals surface area contributed by atoms with Crippen LogP contribution < -0.4 is 5.46 Å². The van der Waals surface area contributed by atoms with Crippen molar-refractivity contribution in [3.63, 3.8) is 0 Å². The number of rotatable bonds is 1. The van der Waals surface area contributed by atoms with Crippen LogP contribution in [0, 0.1) is 9.65 Å². The first kappa shape index (κ1) is 13.2. The summed E-state index contributed by atoms with van der Waals surface area (Å²) >= 11 is 1.97. The highest BCUT2D eigenvalue weighted by molar-refractivity contribution is 14.1. The predicted molar refractivity (Wildman–Crippen MR) is 72.6 cm³/mol. The Balaban J connectivity index is 2.32. The van der Waals surface area contributed by atoms with Gasteiger partial charge in [-0.3, -0.25) is 0 Å². The van der Waals surface area contributed by atoms with Crippen LogP contribution in [0.5, 0.6) is 0 Å². The Morgan fingerprint density at radius 2 is 1.71 bits per heavy atom. The summed E-state index contributed by atoms with van der Waals surface area (Å²) < 4.78 is 25.5. The first-order chi connectivity index (χ1) is 7.71. The third kappa shape index (κ3) is 2.48. The Kier molecular flexibility index (Phi) is 3.25. The van der Waals surface area contributed by atoms with Crippen LogP contribution in [-0.4, -0.2) is 23.3 Å². The van der Waals surface area contributed by atoms with E-state index in [-0.39, 0.29) is 0 Å². The van der Waals surface area contributed by atoms with Gasteiger partial charge in [-0.1, -0.05) is 0 Å². The van der Waals surface area contributed by atoms with E-state index >= 15 is 0 Å². The van der Waals surface area contributed by atoms with Crippen LogP contribution >= 0.6 is 22.6 Å². The third-order valence-electron chi connectivity index (χ3n) is 3.31. The average molecular weight is 349 g/mol. The largest absolute Gasteiger partial charge is 0.495 e. The monoisotopic (exact) mass is 349 g/mol. The van der Waals surface area contributed by atoms with Crippen LogP contribution in [0.25, 0.3) is 0 Å². The van der Waals surface area contributed by atoms with Crippen LogP contribution in [-0.2, 0) is 9.31 Å². The molecule has 0 unspecified atom stereocenters. The summed E-state index contributed by atoms with van der Waals surface area (Å²) in [5, 5.41) is 0. The van der Waals surface area contributed by atoms with E-state index in [1.165, 1.54) is 6.07 Å². The van der Waals surface area contributed by atoms with Gasteiger partial charge in [-0.05, 0) is 67.9 Å². The minimum absolute atomic E-state index is 0.414. The summed E-state index contributed by atoms with van der Waals surface area (Å²) in [6.45, 7) is 7.87. The first-order valence-electron chi connectivity index (χ1n) is 5.40. The second-order valence-electron chi connectivity index (χ2n) is 5.13. The van der Waals surface area contributed by atoms with Crippen molar-refractivity contribution < 1.29 is 13.7 Å². The highest BCUT2D eigenvalue weighted by Crippen LogP contribution is 2.36. The van der Waals surface area contributed by atoms with E-state index < -0.39 is 24.3 Å². The summed E-state index contributed by atoms with van der Waals surface area (Å²) in [6.07, 6.45) is 0. The molecule has 0 bridgehead atoms. The number of aromatic nitrogens is 1. The van der Waals surface area contributed by atoms with Crippen molar-refractivity contribution in [3.8, 4) is 0 Å². The van der Waals surface area contributed by atoms with Crippen molar-refractivity contribution in [2.45, 2.75) is 38.9 Å². The van der Waals surface area contributed by atoms with Gasteiger partial charge in [0.05, 0.1) is 11.2 Å². The molecule has 0 saturated carbocycles. The zero-order chi connectivity index (χ0) is 12.8. The molecule has 2 rings (SSSR count). The van der Waals surface area contributed by atoms with Gasteiger partial charge in [0.25, 0.3) is 0 Å². The fraction of sp³-hybridized carbons (Fsp3) is 0.545. The molecule has 2 heterocycles. The zero-order valence-electron chi connectivity index (χ0n) is 10.3. The number of nitrogens with zero attached hydrogens (tertiary/aromatic N) is 1. The molecule has 1 aromatic heterocycles. The molecule has 1 fully saturated rings. The lowest BCUT2D eigenvalue weighted by atomic mass is 9.80. The smallest absolute Gasteiger partial charge is 0.399 e. The van der Waals surface area contributed by atoms with Gasteiger partial charge in [-0.25, -0.2) is 4.98 Å². The maximum absolute atomic E-state index is 13.2. The van der Waals surface area contributed by atoms with Gasteiger partial charge in [-0.15, -0.1) is 0 Å². The molecule has 0 amide bonds. The molecule has 1 aliphatic heterocycles. The topological polar surface area (TPSA) is 31.4 Å². The minimum atomic E-state index is -0.536. The Bertz CT molecular complexity index is 417. The van der Waals surface area contributed by atoms with Crippen LogP contribution in [0.15, 0.2) is 12.1 Å². The maximum Gasteiger partial charge on any atom is 0.495 e. The summed E-state index contributed by atoms with van der Waals surface area (Å²) in [7, 11) is -0.536. The molecule has 92 valence electrons. The first-order valence-corrected chi connectivity index (χ1v) is 6.48. The van der Waals surface area contributed by atoms with E-state index in [9.17, 15) is 4.39 Å². The van der Waals surface area contributed by atoms with Crippen molar-refractivity contribution in [2.75, 3.05) is 0 Å². The Morgan fingerprint density at radius 1 is 1.18 bits per heavy atom. The molecule has 1 saturated heterocycles. The molecular formula is C11H14BFINO2. The summed E-state index contributed by atoms with van der Waals surface area (Å²) in [6, 6.07) is 3.12. The van der Waals surface area contributed by atoms with Gasteiger partial charge in [0.15, 0.2) is 0 Å². The zero-order valence-corrected chi connectivity index (χ0v) is 12.4. The number of hydrogen-bond donors (Lipinski definition) is 0. The van der Waals surface area contributed by atoms with Gasteiger partial charge < -0.3 is 9.31 Å². The Morgan fingerprint density at radius 3 is 2.18 bits per heavy atom. The highest BCUT2D eigenvalue weighted by Gasteiger charge is 2.51. The normalized spacial score (nSPS) is 21.9. The van der Waals surface area contributed by atoms with Crippen molar-refractivity contribution in [1.29, 1.82) is 0 Å². The Labute approximate surface area is 114 Å². The standard InChI is InChI=1S/C11H14BFINO2/c1-10(2)11(3,4)17-12(16-10)7-5-8(13)15-9(14)6-7/h5-6H,1-4H3. The second kappa shape index (κ2) is 4.17. The van der Waals surface area contributed by atoms with E-state index in [4.69, 9.17) is 9.31 Å². The second-order valence-corrected chi connectivity index (χ2v) is 6.24. The molecule has 0 aliphatic carbocycles. The summed E-state index contributed by atoms with van der Waals surface area (Å²) in [5.74, 6) is -0.512. The van der Waals surface area contributed by atoms with Gasteiger partial charge in [0.1, 0.15) is 3.70 Å². The van der Waals surface area contributed by atoms with Crippen LogP contribution in [0.2, 0.25) is 0 Å². The molecule has 0 N–H and O–H groups in total. The average Bonchev–Trinajstić information content (AvgIpc) is 2.34. The lowest BCUT2D eigenvalue weighted by Crippen LogP contribution is -2.41. The molecular weight excluding hydrogens is 335 g/mol. The highest BCUT2D eigenvalue weighted by atomic mass is 127. The lowest BCUT2D eigenvalue weighted by Gasteiger charge is -2.32. The van der Waals surface area contributed by atoms with Gasteiger partial charge in [0, 0.05) is 0 Å². The van der Waals surface area contributed by atoms with Gasteiger partial charge >= 0.3 is 7.12 Å². The van der Waals surface area contributed by atoms with E-state index in [1.807, 2.05) is 50.3 Å². The maximum atomic E-state index is 13.2. The molecule has 1 aromatic rings. The van der Waals surface area contributed by atoms with Crippen LogP contribution in [0.4, 0.5) is 4.39 Å². The predicted octanol–water partition coefficient (Wildman–Crippen LogP) is 2.12. The quantitative estimate of drug-likeness (QED) is 0.442. The number of hydrogen-bond acceptors (Lipinski definition) is 3. The fourth-order valence-electron chi connectivity index (χ4n) is 1.60. The molecule has 0 atom stereocenters. The Hall–Kier alpha value is -0.205. The minimum Gasteiger partial charge on any atom is -0.399 e. The van der Waals surface area contributed by atoms with Crippen molar-refractivity contribution in [3.05, 3.63) is 21.8 Å². The molecule has 6 heteroatoms. The fourth-order valence-corrected chi connectivity index (χ4v) is 2.19. The van der Waals surface area contributed by atoms with E-state index in [1.54, 1.807) is 6.07 Å². The lowest BCUT2D eigenvalue weighted by molar-refractivity contribution is 0.00578. The van der Waals surface area contributed by atoms with Crippen LogP contribution in [0.1, 0.15) is 27.7 Å². The van der Waals surface area contributed by atoms with Crippen molar-refractivity contribution >= 4 is 35.2 Å². The van der Waals surface area contributed by atoms with Gasteiger partial charge in [0.2, 0.25) is 5.95 Å².